The fourth-order valence-electron chi connectivity index (χ4n) is 3.68. The summed E-state index contributed by atoms with van der Waals surface area (Å²) in [5.41, 5.74) is 2.54. The van der Waals surface area contributed by atoms with Crippen LogP contribution >= 0.6 is 39.3 Å². The Labute approximate surface area is 238 Å². The number of carbonyl (C=O) groups is 2. The molecule has 0 aliphatic carbocycles. The molecule has 7 nitrogen and oxygen atoms in total. The highest BCUT2D eigenvalue weighted by molar-refractivity contribution is 9.10. The minimum atomic E-state index is -0.450. The molecule has 0 atom stereocenters. The van der Waals surface area contributed by atoms with Crippen LogP contribution in [0, 0.1) is 0 Å². The number of likely N-dealkylation sites (N-methyl/N-ethyl adjacent to an activating group) is 1. The number of methoxy groups -OCH3 is 2. The zero-order valence-corrected chi connectivity index (χ0v) is 24.0. The monoisotopic (exact) mass is 614 g/mol. The predicted octanol–water partition coefficient (Wildman–Crippen LogP) is 7.10. The van der Waals surface area contributed by atoms with E-state index in [-0.39, 0.29) is 12.5 Å². The fourth-order valence-corrected chi connectivity index (χ4v) is 5.51. The van der Waals surface area contributed by atoms with Gasteiger partial charge in [-0.05, 0) is 82.7 Å². The molecule has 4 rings (SSSR count). The summed E-state index contributed by atoms with van der Waals surface area (Å²) in [6, 6.07) is 17.9. The number of thioether (sulfide) groups is 1. The van der Waals surface area contributed by atoms with Crippen LogP contribution in [0.4, 0.5) is 5.69 Å². The minimum Gasteiger partial charge on any atom is -0.493 e. The standard InChI is InChI=1S/C28H24BrClN2O5S/c1-4-32-26(33)24(38-28(32)31-20-10-7-9-18(15-20)27(34)36-3)14-17-12-21(29)25(23(13-17)35-2)37-16-19-8-5-6-11-22(19)30/h5-15H,4,16H2,1-3H3. The van der Waals surface area contributed by atoms with Crippen molar-refractivity contribution in [2.75, 3.05) is 20.8 Å². The lowest BCUT2D eigenvalue weighted by atomic mass is 10.1. The quantitative estimate of drug-likeness (QED) is 0.199. The summed E-state index contributed by atoms with van der Waals surface area (Å²) < 4.78 is 17.1. The van der Waals surface area contributed by atoms with Crippen LogP contribution in [0.5, 0.6) is 11.5 Å². The van der Waals surface area contributed by atoms with Gasteiger partial charge >= 0.3 is 5.97 Å². The van der Waals surface area contributed by atoms with Gasteiger partial charge in [0.1, 0.15) is 6.61 Å². The van der Waals surface area contributed by atoms with Gasteiger partial charge in [-0.25, -0.2) is 9.79 Å². The third kappa shape index (κ3) is 6.23. The van der Waals surface area contributed by atoms with E-state index in [1.54, 1.807) is 48.4 Å². The Balaban J connectivity index is 1.60. The fraction of sp³-hybridized carbons (Fsp3) is 0.179. The first-order valence-electron chi connectivity index (χ1n) is 11.6. The van der Waals surface area contributed by atoms with E-state index in [9.17, 15) is 9.59 Å². The summed E-state index contributed by atoms with van der Waals surface area (Å²) in [7, 11) is 2.88. The van der Waals surface area contributed by atoms with Crippen molar-refractivity contribution in [2.45, 2.75) is 13.5 Å². The van der Waals surface area contributed by atoms with E-state index >= 15 is 0 Å². The summed E-state index contributed by atoms with van der Waals surface area (Å²) in [5, 5.41) is 1.15. The first-order chi connectivity index (χ1) is 18.3. The molecular weight excluding hydrogens is 592 g/mol. The smallest absolute Gasteiger partial charge is 0.337 e. The van der Waals surface area contributed by atoms with E-state index in [1.807, 2.05) is 37.3 Å². The van der Waals surface area contributed by atoms with Crippen molar-refractivity contribution in [2.24, 2.45) is 4.99 Å². The first kappa shape index (κ1) is 27.8. The van der Waals surface area contributed by atoms with E-state index in [0.717, 1.165) is 11.1 Å². The van der Waals surface area contributed by atoms with Gasteiger partial charge in [0.2, 0.25) is 0 Å². The Morgan fingerprint density at radius 3 is 2.63 bits per heavy atom. The zero-order chi connectivity index (χ0) is 27.2. The van der Waals surface area contributed by atoms with Gasteiger partial charge in [0.25, 0.3) is 5.91 Å². The molecule has 10 heteroatoms. The van der Waals surface area contributed by atoms with Crippen LogP contribution in [-0.2, 0) is 16.1 Å². The number of carbonyl (C=O) groups excluding carboxylic acids is 2. The van der Waals surface area contributed by atoms with Gasteiger partial charge in [-0.2, -0.15) is 0 Å². The van der Waals surface area contributed by atoms with Gasteiger partial charge < -0.3 is 14.2 Å². The lowest BCUT2D eigenvalue weighted by Gasteiger charge is -2.14. The molecule has 0 aromatic heterocycles. The van der Waals surface area contributed by atoms with Crippen molar-refractivity contribution < 1.29 is 23.8 Å². The number of hydrogen-bond acceptors (Lipinski definition) is 7. The molecule has 0 unspecified atom stereocenters. The van der Waals surface area contributed by atoms with Crippen molar-refractivity contribution >= 4 is 68.1 Å². The summed E-state index contributed by atoms with van der Waals surface area (Å²) in [4.78, 5) is 31.8. The summed E-state index contributed by atoms with van der Waals surface area (Å²) in [6.45, 7) is 2.60. The second-order valence-electron chi connectivity index (χ2n) is 8.01. The van der Waals surface area contributed by atoms with Gasteiger partial charge in [0.15, 0.2) is 16.7 Å². The van der Waals surface area contributed by atoms with Crippen LogP contribution in [0.2, 0.25) is 5.02 Å². The molecule has 0 spiro atoms. The Bertz CT molecular complexity index is 1440. The molecule has 1 amide bonds. The average Bonchev–Trinajstić information content (AvgIpc) is 3.21. The van der Waals surface area contributed by atoms with E-state index in [4.69, 9.17) is 25.8 Å². The van der Waals surface area contributed by atoms with Gasteiger partial charge in [0.05, 0.1) is 34.8 Å². The van der Waals surface area contributed by atoms with Crippen LogP contribution in [0.25, 0.3) is 6.08 Å². The predicted molar refractivity (Wildman–Crippen MR) is 154 cm³/mol. The molecule has 0 saturated carbocycles. The number of benzene rings is 3. The van der Waals surface area contributed by atoms with E-state index in [2.05, 4.69) is 20.9 Å². The molecule has 38 heavy (non-hydrogen) atoms. The largest absolute Gasteiger partial charge is 0.493 e. The maximum absolute atomic E-state index is 13.2. The number of hydrogen-bond donors (Lipinski definition) is 0. The minimum absolute atomic E-state index is 0.158. The van der Waals surface area contributed by atoms with Crippen molar-refractivity contribution in [3.05, 3.63) is 91.8 Å². The molecule has 0 bridgehead atoms. The van der Waals surface area contributed by atoms with E-state index in [0.29, 0.717) is 48.9 Å². The Morgan fingerprint density at radius 1 is 1.13 bits per heavy atom. The maximum Gasteiger partial charge on any atom is 0.337 e. The number of nitrogens with zero attached hydrogens (tertiary/aromatic N) is 2. The summed E-state index contributed by atoms with van der Waals surface area (Å²) in [5.74, 6) is 0.431. The maximum atomic E-state index is 13.2. The molecule has 1 heterocycles. The second kappa shape index (κ2) is 12.5. The molecule has 1 saturated heterocycles. The third-order valence-electron chi connectivity index (χ3n) is 5.58. The van der Waals surface area contributed by atoms with Crippen LogP contribution in [0.3, 0.4) is 0 Å². The van der Waals surface area contributed by atoms with Gasteiger partial charge in [0, 0.05) is 17.1 Å². The van der Waals surface area contributed by atoms with Gasteiger partial charge in [-0.15, -0.1) is 0 Å². The molecule has 3 aromatic rings. The lowest BCUT2D eigenvalue weighted by Crippen LogP contribution is -2.28. The molecule has 196 valence electrons. The summed E-state index contributed by atoms with van der Waals surface area (Å²) in [6.07, 6.45) is 1.79. The van der Waals surface area contributed by atoms with Crippen molar-refractivity contribution in [3.63, 3.8) is 0 Å². The molecule has 1 fully saturated rings. The molecule has 1 aliphatic rings. The average molecular weight is 616 g/mol. The molecular formula is C28H24BrClN2O5S. The Hall–Kier alpha value is -3.27. The van der Waals surface area contributed by atoms with Gasteiger partial charge in [-0.3, -0.25) is 9.69 Å². The SMILES string of the molecule is CCN1C(=O)C(=Cc2cc(Br)c(OCc3ccccc3Cl)c(OC)c2)SC1=Nc1cccc(C(=O)OC)c1. The highest BCUT2D eigenvalue weighted by Gasteiger charge is 2.32. The third-order valence-corrected chi connectivity index (χ3v) is 7.54. The van der Waals surface area contributed by atoms with E-state index < -0.39 is 5.97 Å². The normalized spacial score (nSPS) is 15.3. The van der Waals surface area contributed by atoms with Crippen LogP contribution < -0.4 is 9.47 Å². The topological polar surface area (TPSA) is 77.4 Å². The number of amidine groups is 1. The molecule has 0 radical (unpaired) electrons. The number of ether oxygens (including phenoxy) is 3. The first-order valence-corrected chi connectivity index (χ1v) is 13.6. The number of esters is 1. The zero-order valence-electron chi connectivity index (χ0n) is 20.9. The Kier molecular flexibility index (Phi) is 9.14. The highest BCUT2D eigenvalue weighted by Crippen LogP contribution is 2.40. The second-order valence-corrected chi connectivity index (χ2v) is 10.3. The Morgan fingerprint density at radius 2 is 1.92 bits per heavy atom. The van der Waals surface area contributed by atoms with Crippen LogP contribution in [0.1, 0.15) is 28.4 Å². The van der Waals surface area contributed by atoms with Crippen molar-refractivity contribution in [1.29, 1.82) is 0 Å². The van der Waals surface area contributed by atoms with E-state index in [1.165, 1.54) is 18.9 Å². The lowest BCUT2D eigenvalue weighted by molar-refractivity contribution is -0.122. The number of amides is 1. The molecule has 0 N–H and O–H groups in total. The van der Waals surface area contributed by atoms with Gasteiger partial charge in [-0.1, -0.05) is 35.9 Å². The molecule has 3 aromatic carbocycles. The summed E-state index contributed by atoms with van der Waals surface area (Å²) >= 11 is 11.1. The van der Waals surface area contributed by atoms with Crippen molar-refractivity contribution in [1.82, 2.24) is 4.90 Å². The number of halogens is 2. The van der Waals surface area contributed by atoms with Crippen LogP contribution in [0.15, 0.2) is 75.0 Å². The highest BCUT2D eigenvalue weighted by atomic mass is 79.9. The molecule has 1 aliphatic heterocycles. The number of aliphatic imine (C=N–C) groups is 1. The van der Waals surface area contributed by atoms with Crippen LogP contribution in [-0.4, -0.2) is 42.7 Å². The number of rotatable bonds is 8. The van der Waals surface area contributed by atoms with Crippen molar-refractivity contribution in [3.8, 4) is 11.5 Å².